The lowest BCUT2D eigenvalue weighted by Gasteiger charge is -2.22. The highest BCUT2D eigenvalue weighted by molar-refractivity contribution is 6.43. The molecule has 0 fully saturated rings. The fourth-order valence-corrected chi connectivity index (χ4v) is 2.42. The van der Waals surface area contributed by atoms with Gasteiger partial charge in [0.1, 0.15) is 17.6 Å². The Labute approximate surface area is 164 Å². The average Bonchev–Trinajstić information content (AvgIpc) is 2.96. The van der Waals surface area contributed by atoms with Gasteiger partial charge < -0.3 is 20.3 Å². The molecule has 2 amide bonds. The molecule has 2 aromatic rings. The minimum absolute atomic E-state index is 0.0452. The number of Topliss-reactive ketones (excluding diaryl/α,β-unsaturated/α-hetero) is 1. The molecule has 0 saturated heterocycles. The van der Waals surface area contributed by atoms with Crippen molar-refractivity contribution in [3.05, 3.63) is 52.9 Å². The standard InChI is InChI=1S/C19H18F2N4O4/c1-19(2,9-26)24-18(29)16(27)12-8-25(3)15(14(12)21)17(28)23-11-4-5-13(20)10(6-11)7-22/h4-6,8,26H,9H2,1-3H3,(H,23,28)(H,24,29). The van der Waals surface area contributed by atoms with E-state index in [0.29, 0.717) is 0 Å². The first-order valence-corrected chi connectivity index (χ1v) is 8.34. The number of halogens is 2. The van der Waals surface area contributed by atoms with Crippen molar-refractivity contribution in [2.75, 3.05) is 11.9 Å². The van der Waals surface area contributed by atoms with Crippen LogP contribution in [-0.2, 0) is 11.8 Å². The van der Waals surface area contributed by atoms with Gasteiger partial charge in [0.15, 0.2) is 5.82 Å². The number of aryl methyl sites for hydroxylation is 1. The molecular weight excluding hydrogens is 386 g/mol. The van der Waals surface area contributed by atoms with Gasteiger partial charge in [-0.2, -0.15) is 5.26 Å². The number of nitrogens with zero attached hydrogens (tertiary/aromatic N) is 2. The number of aliphatic hydroxyl groups is 1. The number of hydrogen-bond acceptors (Lipinski definition) is 5. The van der Waals surface area contributed by atoms with Crippen molar-refractivity contribution >= 4 is 23.3 Å². The van der Waals surface area contributed by atoms with Crippen molar-refractivity contribution in [2.45, 2.75) is 19.4 Å². The first-order chi connectivity index (χ1) is 13.5. The van der Waals surface area contributed by atoms with Crippen LogP contribution in [-0.4, -0.2) is 39.4 Å². The van der Waals surface area contributed by atoms with Crippen LogP contribution in [0.5, 0.6) is 0 Å². The average molecular weight is 404 g/mol. The van der Waals surface area contributed by atoms with Crippen molar-refractivity contribution < 1.29 is 28.3 Å². The van der Waals surface area contributed by atoms with E-state index in [1.165, 1.54) is 27.0 Å². The van der Waals surface area contributed by atoms with Gasteiger partial charge in [0.2, 0.25) is 0 Å². The summed E-state index contributed by atoms with van der Waals surface area (Å²) >= 11 is 0. The molecule has 3 N–H and O–H groups in total. The number of carbonyl (C=O) groups excluding carboxylic acids is 3. The molecule has 1 aromatic heterocycles. The van der Waals surface area contributed by atoms with Gasteiger partial charge in [0.05, 0.1) is 23.3 Å². The summed E-state index contributed by atoms with van der Waals surface area (Å²) in [5.41, 5.74) is -2.52. The van der Waals surface area contributed by atoms with Crippen LogP contribution in [0.4, 0.5) is 14.5 Å². The number of aliphatic hydroxyl groups excluding tert-OH is 1. The Balaban J connectivity index is 2.29. The van der Waals surface area contributed by atoms with Crippen LogP contribution in [0, 0.1) is 23.0 Å². The van der Waals surface area contributed by atoms with E-state index < -0.39 is 52.6 Å². The normalized spacial score (nSPS) is 10.9. The van der Waals surface area contributed by atoms with Gasteiger partial charge in [-0.1, -0.05) is 0 Å². The molecule has 10 heteroatoms. The second kappa shape index (κ2) is 8.20. The molecule has 8 nitrogen and oxygen atoms in total. The zero-order valence-electron chi connectivity index (χ0n) is 15.8. The fourth-order valence-electron chi connectivity index (χ4n) is 2.42. The third-order valence-electron chi connectivity index (χ3n) is 3.98. The Kier molecular flexibility index (Phi) is 6.14. The molecule has 0 atom stereocenters. The smallest absolute Gasteiger partial charge is 0.293 e. The summed E-state index contributed by atoms with van der Waals surface area (Å²) < 4.78 is 29.1. The second-order valence-corrected chi connectivity index (χ2v) is 6.90. The van der Waals surface area contributed by atoms with Gasteiger partial charge >= 0.3 is 0 Å². The summed E-state index contributed by atoms with van der Waals surface area (Å²) in [4.78, 5) is 36.7. The zero-order chi connectivity index (χ0) is 21.9. The lowest BCUT2D eigenvalue weighted by Crippen LogP contribution is -2.49. The molecule has 0 aliphatic heterocycles. The van der Waals surface area contributed by atoms with E-state index in [2.05, 4.69) is 10.6 Å². The summed E-state index contributed by atoms with van der Waals surface area (Å²) in [5, 5.41) is 22.6. The van der Waals surface area contributed by atoms with Gasteiger partial charge in [0, 0.05) is 18.9 Å². The Bertz CT molecular complexity index is 1040. The number of nitriles is 1. The quantitative estimate of drug-likeness (QED) is 0.497. The Morgan fingerprint density at radius 2 is 1.93 bits per heavy atom. The first-order valence-electron chi connectivity index (χ1n) is 8.34. The van der Waals surface area contributed by atoms with Gasteiger partial charge in [-0.3, -0.25) is 14.4 Å². The molecule has 0 unspecified atom stereocenters. The predicted octanol–water partition coefficient (Wildman–Crippen LogP) is 1.50. The molecule has 0 saturated carbocycles. The molecule has 0 bridgehead atoms. The van der Waals surface area contributed by atoms with Crippen LogP contribution < -0.4 is 10.6 Å². The Morgan fingerprint density at radius 1 is 1.28 bits per heavy atom. The molecule has 0 aliphatic rings. The van der Waals surface area contributed by atoms with Gasteiger partial charge in [0.25, 0.3) is 17.6 Å². The first kappa shape index (κ1) is 21.7. The lowest BCUT2D eigenvalue weighted by atomic mass is 10.1. The zero-order valence-corrected chi connectivity index (χ0v) is 15.8. The number of nitrogens with one attached hydrogen (secondary N) is 2. The van der Waals surface area contributed by atoms with E-state index in [1.807, 2.05) is 0 Å². The summed E-state index contributed by atoms with van der Waals surface area (Å²) in [7, 11) is 1.30. The third kappa shape index (κ3) is 4.64. The van der Waals surface area contributed by atoms with Gasteiger partial charge in [-0.05, 0) is 32.0 Å². The van der Waals surface area contributed by atoms with E-state index in [-0.39, 0.29) is 11.3 Å². The second-order valence-electron chi connectivity index (χ2n) is 6.90. The molecule has 1 heterocycles. The molecule has 0 radical (unpaired) electrons. The van der Waals surface area contributed by atoms with Crippen molar-refractivity contribution in [2.24, 2.45) is 7.05 Å². The Hall–Kier alpha value is -3.58. The topological polar surface area (TPSA) is 124 Å². The van der Waals surface area contributed by atoms with Crippen LogP contribution in [0.15, 0.2) is 24.4 Å². The number of aromatic nitrogens is 1. The maximum Gasteiger partial charge on any atom is 0.293 e. The number of rotatable bonds is 6. The Morgan fingerprint density at radius 3 is 2.52 bits per heavy atom. The summed E-state index contributed by atoms with van der Waals surface area (Å²) in [6.07, 6.45) is 0.990. The monoisotopic (exact) mass is 404 g/mol. The van der Waals surface area contributed by atoms with Crippen LogP contribution in [0.2, 0.25) is 0 Å². The maximum atomic E-state index is 14.7. The maximum absolute atomic E-state index is 14.7. The summed E-state index contributed by atoms with van der Waals surface area (Å²) in [6.45, 7) is 2.49. The molecule has 29 heavy (non-hydrogen) atoms. The summed E-state index contributed by atoms with van der Waals surface area (Å²) in [5.74, 6) is -5.31. The van der Waals surface area contributed by atoms with E-state index >= 15 is 0 Å². The summed E-state index contributed by atoms with van der Waals surface area (Å²) in [6, 6.07) is 4.84. The lowest BCUT2D eigenvalue weighted by molar-refractivity contribution is -0.119. The molecule has 0 aliphatic carbocycles. The number of hydrogen-bond donors (Lipinski definition) is 3. The van der Waals surface area contributed by atoms with Crippen molar-refractivity contribution in [1.29, 1.82) is 5.26 Å². The number of amides is 2. The largest absolute Gasteiger partial charge is 0.394 e. The number of anilines is 1. The highest BCUT2D eigenvalue weighted by Crippen LogP contribution is 2.19. The van der Waals surface area contributed by atoms with Gasteiger partial charge in [-0.25, -0.2) is 8.78 Å². The van der Waals surface area contributed by atoms with Crippen LogP contribution >= 0.6 is 0 Å². The fraction of sp³-hybridized carbons (Fsp3) is 0.263. The van der Waals surface area contributed by atoms with E-state index in [9.17, 15) is 23.2 Å². The number of ketones is 1. The minimum Gasteiger partial charge on any atom is -0.394 e. The van der Waals surface area contributed by atoms with Crippen molar-refractivity contribution in [3.8, 4) is 6.07 Å². The van der Waals surface area contributed by atoms with Crippen LogP contribution in [0.25, 0.3) is 0 Å². The number of benzene rings is 1. The third-order valence-corrected chi connectivity index (χ3v) is 3.98. The molecular formula is C19H18F2N4O4. The van der Waals surface area contributed by atoms with E-state index in [0.717, 1.165) is 22.9 Å². The van der Waals surface area contributed by atoms with E-state index in [4.69, 9.17) is 10.4 Å². The highest BCUT2D eigenvalue weighted by atomic mass is 19.1. The molecule has 0 spiro atoms. The van der Waals surface area contributed by atoms with Crippen LogP contribution in [0.1, 0.15) is 40.3 Å². The van der Waals surface area contributed by atoms with Crippen molar-refractivity contribution in [3.63, 3.8) is 0 Å². The van der Waals surface area contributed by atoms with Crippen LogP contribution in [0.3, 0.4) is 0 Å². The predicted molar refractivity (Wildman–Crippen MR) is 98.1 cm³/mol. The van der Waals surface area contributed by atoms with E-state index in [1.54, 1.807) is 6.07 Å². The SMILES string of the molecule is Cn1cc(C(=O)C(=O)NC(C)(C)CO)c(F)c1C(=O)Nc1ccc(F)c(C#N)c1. The molecule has 1 aromatic carbocycles. The van der Waals surface area contributed by atoms with Crippen molar-refractivity contribution in [1.82, 2.24) is 9.88 Å². The van der Waals surface area contributed by atoms with Gasteiger partial charge in [-0.15, -0.1) is 0 Å². The molecule has 152 valence electrons. The number of carbonyl (C=O) groups is 3. The molecule has 2 rings (SSSR count). The minimum atomic E-state index is -1.22. The highest BCUT2D eigenvalue weighted by Gasteiger charge is 2.30.